The van der Waals surface area contributed by atoms with Gasteiger partial charge in [0.2, 0.25) is 11.8 Å². The van der Waals surface area contributed by atoms with Gasteiger partial charge in [0.1, 0.15) is 11.8 Å². The van der Waals surface area contributed by atoms with Crippen LogP contribution in [0.4, 0.5) is 11.4 Å². The van der Waals surface area contributed by atoms with Crippen molar-refractivity contribution in [1.82, 2.24) is 0 Å². The zero-order valence-corrected chi connectivity index (χ0v) is 22.9. The molecule has 2 amide bonds. The van der Waals surface area contributed by atoms with Gasteiger partial charge in [0.25, 0.3) is 0 Å². The summed E-state index contributed by atoms with van der Waals surface area (Å²) >= 11 is 0. The molecular formula is C35H28N2O5. The van der Waals surface area contributed by atoms with Gasteiger partial charge >= 0.3 is 5.97 Å². The van der Waals surface area contributed by atoms with Crippen LogP contribution in [0, 0.1) is 11.8 Å². The van der Waals surface area contributed by atoms with Crippen LogP contribution in [0.25, 0.3) is 6.08 Å². The van der Waals surface area contributed by atoms with Gasteiger partial charge in [0.15, 0.2) is 6.10 Å². The second-order valence-electron chi connectivity index (χ2n) is 10.7. The number of imide groups is 1. The summed E-state index contributed by atoms with van der Waals surface area (Å²) < 4.78 is 11.6. The van der Waals surface area contributed by atoms with E-state index < -0.39 is 41.9 Å². The number of esters is 1. The number of rotatable bonds is 6. The van der Waals surface area contributed by atoms with Gasteiger partial charge in [-0.1, -0.05) is 91.0 Å². The van der Waals surface area contributed by atoms with E-state index >= 15 is 0 Å². The topological polar surface area (TPSA) is 76.2 Å². The highest BCUT2D eigenvalue weighted by atomic mass is 16.5. The third-order valence-electron chi connectivity index (χ3n) is 8.43. The minimum atomic E-state index is -0.999. The quantitative estimate of drug-likeness (QED) is 0.233. The molecule has 208 valence electrons. The molecule has 3 aliphatic heterocycles. The standard InChI is InChI=1S/C35H28N2O5/c1-41-26-19-17-25(18-20-26)36-33(38)29-28-21-16-22-10-8-9-15-27(22)37(28)31(30(29)34(36)39)35(40)42-32(23-11-4-2-5-12-23)24-13-6-3-7-14-24/h2-21,28-32H,1H3/t28-,29-,30-,31+/m1/s1. The largest absolute Gasteiger partial charge is 0.497 e. The van der Waals surface area contributed by atoms with Crippen LogP contribution >= 0.6 is 0 Å². The second kappa shape index (κ2) is 10.3. The van der Waals surface area contributed by atoms with E-state index in [0.717, 1.165) is 22.4 Å². The molecule has 3 heterocycles. The summed E-state index contributed by atoms with van der Waals surface area (Å²) in [5.41, 5.74) is 3.80. The van der Waals surface area contributed by atoms with E-state index in [1.165, 1.54) is 4.90 Å². The zero-order valence-electron chi connectivity index (χ0n) is 22.9. The number of amides is 2. The Morgan fingerprint density at radius 1 is 0.738 bits per heavy atom. The van der Waals surface area contributed by atoms with Crippen LogP contribution < -0.4 is 14.5 Å². The van der Waals surface area contributed by atoms with Gasteiger partial charge in [-0.2, -0.15) is 0 Å². The highest BCUT2D eigenvalue weighted by Gasteiger charge is 2.65. The lowest BCUT2D eigenvalue weighted by atomic mass is 9.88. The van der Waals surface area contributed by atoms with Crippen LogP contribution in [0.5, 0.6) is 5.75 Å². The van der Waals surface area contributed by atoms with E-state index in [4.69, 9.17) is 9.47 Å². The Hall–Kier alpha value is -5.17. The molecule has 2 saturated heterocycles. The first kappa shape index (κ1) is 25.8. The van der Waals surface area contributed by atoms with Crippen LogP contribution in [0.2, 0.25) is 0 Å². The number of nitrogens with zero attached hydrogens (tertiary/aromatic N) is 2. The molecular weight excluding hydrogens is 528 g/mol. The Bertz CT molecular complexity index is 1650. The first-order chi connectivity index (χ1) is 20.6. The van der Waals surface area contributed by atoms with Crippen molar-refractivity contribution in [2.24, 2.45) is 11.8 Å². The number of fused-ring (bicyclic) bond motifs is 5. The minimum absolute atomic E-state index is 0.327. The first-order valence-electron chi connectivity index (χ1n) is 13.9. The molecule has 0 spiro atoms. The summed E-state index contributed by atoms with van der Waals surface area (Å²) in [5.74, 6) is -2.33. The molecule has 0 radical (unpaired) electrons. The van der Waals surface area contributed by atoms with E-state index in [-0.39, 0.29) is 5.91 Å². The Morgan fingerprint density at radius 2 is 1.33 bits per heavy atom. The lowest BCUT2D eigenvalue weighted by molar-refractivity contribution is -0.151. The number of anilines is 2. The van der Waals surface area contributed by atoms with Gasteiger partial charge in [0, 0.05) is 5.69 Å². The fraction of sp³-hybridized carbons (Fsp3) is 0.171. The van der Waals surface area contributed by atoms with Crippen LogP contribution in [0.3, 0.4) is 0 Å². The monoisotopic (exact) mass is 556 g/mol. The van der Waals surface area contributed by atoms with Crippen LogP contribution in [0.1, 0.15) is 22.8 Å². The SMILES string of the molecule is COc1ccc(N2C(=O)[C@@H]3[C@H](C2=O)[C@H]2C=Cc4ccccc4N2[C@@H]3C(=O)OC(c2ccccc2)c2ccccc2)cc1. The fourth-order valence-electron chi connectivity index (χ4n) is 6.54. The van der Waals surface area contributed by atoms with Crippen LogP contribution in [0.15, 0.2) is 115 Å². The maximum Gasteiger partial charge on any atom is 0.330 e. The van der Waals surface area contributed by atoms with Gasteiger partial charge in [-0.3, -0.25) is 9.59 Å². The second-order valence-corrected chi connectivity index (χ2v) is 10.7. The number of carbonyl (C=O) groups excluding carboxylic acids is 3. The van der Waals surface area contributed by atoms with Crippen molar-refractivity contribution in [3.05, 3.63) is 132 Å². The van der Waals surface area contributed by atoms with Gasteiger partial charge in [-0.15, -0.1) is 0 Å². The number of methoxy groups -OCH3 is 1. The van der Waals surface area contributed by atoms with Crippen molar-refractivity contribution in [2.75, 3.05) is 16.9 Å². The summed E-state index contributed by atoms with van der Waals surface area (Å²) in [6.45, 7) is 0. The highest BCUT2D eigenvalue weighted by Crippen LogP contribution is 2.50. The average Bonchev–Trinajstić information content (AvgIpc) is 3.53. The van der Waals surface area contributed by atoms with E-state index in [2.05, 4.69) is 0 Å². The van der Waals surface area contributed by atoms with E-state index in [1.54, 1.807) is 31.4 Å². The molecule has 7 heteroatoms. The molecule has 7 rings (SSSR count). The van der Waals surface area contributed by atoms with E-state index in [0.29, 0.717) is 11.4 Å². The summed E-state index contributed by atoms with van der Waals surface area (Å²) in [5, 5.41) is 0. The molecule has 0 bridgehead atoms. The Labute approximate surface area is 243 Å². The molecule has 0 N–H and O–H groups in total. The smallest absolute Gasteiger partial charge is 0.330 e. The number of hydrogen-bond acceptors (Lipinski definition) is 6. The molecule has 4 aromatic carbocycles. The first-order valence-corrected chi connectivity index (χ1v) is 13.9. The Morgan fingerprint density at radius 3 is 1.98 bits per heavy atom. The normalized spacial score (nSPS) is 22.1. The summed E-state index contributed by atoms with van der Waals surface area (Å²) in [6, 6.07) is 32.1. The average molecular weight is 557 g/mol. The van der Waals surface area contributed by atoms with Crippen molar-refractivity contribution in [3.8, 4) is 5.75 Å². The molecule has 3 aliphatic rings. The van der Waals surface area contributed by atoms with Crippen molar-refractivity contribution < 1.29 is 23.9 Å². The van der Waals surface area contributed by atoms with E-state index in [9.17, 15) is 14.4 Å². The molecule has 4 atom stereocenters. The highest BCUT2D eigenvalue weighted by molar-refractivity contribution is 6.24. The number of carbonyl (C=O) groups is 3. The molecule has 42 heavy (non-hydrogen) atoms. The van der Waals surface area contributed by atoms with Gasteiger partial charge in [0.05, 0.1) is 30.7 Å². The van der Waals surface area contributed by atoms with E-state index in [1.807, 2.05) is 102 Å². The third kappa shape index (κ3) is 4.08. The summed E-state index contributed by atoms with van der Waals surface area (Å²) in [7, 11) is 1.56. The Balaban J connectivity index is 1.31. The summed E-state index contributed by atoms with van der Waals surface area (Å²) in [4.78, 5) is 45.7. The number of hydrogen-bond donors (Lipinski definition) is 0. The van der Waals surface area contributed by atoms with Crippen molar-refractivity contribution in [3.63, 3.8) is 0 Å². The fourth-order valence-corrected chi connectivity index (χ4v) is 6.54. The van der Waals surface area contributed by atoms with Gasteiger partial charge < -0.3 is 14.4 Å². The molecule has 4 aromatic rings. The van der Waals surface area contributed by atoms with Crippen molar-refractivity contribution in [1.29, 1.82) is 0 Å². The van der Waals surface area contributed by atoms with Crippen molar-refractivity contribution >= 4 is 35.2 Å². The minimum Gasteiger partial charge on any atom is -0.497 e. The molecule has 7 nitrogen and oxygen atoms in total. The van der Waals surface area contributed by atoms with Crippen LogP contribution in [-0.2, 0) is 19.1 Å². The Kier molecular flexibility index (Phi) is 6.35. The third-order valence-corrected chi connectivity index (χ3v) is 8.43. The van der Waals surface area contributed by atoms with Gasteiger partial charge in [-0.05, 0) is 47.0 Å². The maximum atomic E-state index is 14.4. The molecule has 0 aliphatic carbocycles. The summed E-state index contributed by atoms with van der Waals surface area (Å²) in [6.07, 6.45) is 3.21. The lowest BCUT2D eigenvalue weighted by Gasteiger charge is -2.36. The predicted molar refractivity (Wildman–Crippen MR) is 159 cm³/mol. The number of ether oxygens (including phenoxy) is 2. The number of benzene rings is 4. The lowest BCUT2D eigenvalue weighted by Crippen LogP contribution is -2.49. The molecule has 0 aromatic heterocycles. The number of para-hydroxylation sites is 1. The zero-order chi connectivity index (χ0) is 28.8. The molecule has 2 fully saturated rings. The van der Waals surface area contributed by atoms with Crippen molar-refractivity contribution in [2.45, 2.75) is 18.2 Å². The maximum absolute atomic E-state index is 14.4. The predicted octanol–water partition coefficient (Wildman–Crippen LogP) is 5.42. The molecule has 0 saturated carbocycles. The molecule has 0 unspecified atom stereocenters. The van der Waals surface area contributed by atoms with Crippen LogP contribution in [-0.4, -0.2) is 37.0 Å². The van der Waals surface area contributed by atoms with Gasteiger partial charge in [-0.25, -0.2) is 9.69 Å².